The van der Waals surface area contributed by atoms with Gasteiger partial charge in [0, 0.05) is 36.4 Å². The number of halogens is 1. The molecule has 2 rings (SSSR count). The third-order valence-electron chi connectivity index (χ3n) is 2.86. The monoisotopic (exact) mass is 268 g/mol. The van der Waals surface area contributed by atoms with Gasteiger partial charge in [0.15, 0.2) is 0 Å². The Kier molecular flexibility index (Phi) is 4.99. The van der Waals surface area contributed by atoms with E-state index in [2.05, 4.69) is 9.89 Å². The summed E-state index contributed by atoms with van der Waals surface area (Å²) in [4.78, 5) is 6.66. The van der Waals surface area contributed by atoms with Gasteiger partial charge in [-0.05, 0) is 18.2 Å². The van der Waals surface area contributed by atoms with Gasteiger partial charge < -0.3 is 9.84 Å². The Morgan fingerprint density at radius 1 is 1.39 bits per heavy atom. The first kappa shape index (κ1) is 13.3. The Morgan fingerprint density at radius 3 is 2.94 bits per heavy atom. The van der Waals surface area contributed by atoms with Crippen LogP contribution in [-0.2, 0) is 4.74 Å². The van der Waals surface area contributed by atoms with E-state index in [1.165, 1.54) is 0 Å². The summed E-state index contributed by atoms with van der Waals surface area (Å²) in [6, 6.07) is 4.84. The summed E-state index contributed by atoms with van der Waals surface area (Å²) in [6.07, 6.45) is 1.71. The van der Waals surface area contributed by atoms with Crippen LogP contribution in [0.15, 0.2) is 23.2 Å². The number of morpholine rings is 1. The van der Waals surface area contributed by atoms with Crippen LogP contribution in [0.5, 0.6) is 5.75 Å². The SMILES string of the molecule is Oc1ccc(Cl)c(C=NCCN2CCOCC2)c1. The number of aliphatic imine (C=N–C) groups is 1. The first-order valence-electron chi connectivity index (χ1n) is 6.04. The fourth-order valence-electron chi connectivity index (χ4n) is 1.82. The van der Waals surface area contributed by atoms with Gasteiger partial charge in [-0.25, -0.2) is 0 Å². The standard InChI is InChI=1S/C13H17ClN2O2/c14-13-2-1-12(17)9-11(13)10-15-3-4-16-5-7-18-8-6-16/h1-2,9-10,17H,3-8H2. The molecule has 0 amide bonds. The molecule has 1 aliphatic rings. The summed E-state index contributed by atoms with van der Waals surface area (Å²) in [6.45, 7) is 5.22. The van der Waals surface area contributed by atoms with Crippen LogP contribution in [-0.4, -0.2) is 55.6 Å². The largest absolute Gasteiger partial charge is 0.508 e. The second-order valence-corrected chi connectivity index (χ2v) is 4.60. The minimum absolute atomic E-state index is 0.203. The molecule has 0 aromatic heterocycles. The van der Waals surface area contributed by atoms with E-state index < -0.39 is 0 Å². The number of nitrogens with zero attached hydrogens (tertiary/aromatic N) is 2. The van der Waals surface area contributed by atoms with Crippen molar-refractivity contribution in [3.8, 4) is 5.75 Å². The van der Waals surface area contributed by atoms with Crippen LogP contribution in [0.2, 0.25) is 5.02 Å². The molecule has 1 aromatic rings. The van der Waals surface area contributed by atoms with Crippen molar-refractivity contribution >= 4 is 17.8 Å². The second-order valence-electron chi connectivity index (χ2n) is 4.20. The molecule has 98 valence electrons. The zero-order chi connectivity index (χ0) is 12.8. The third-order valence-corrected chi connectivity index (χ3v) is 3.20. The summed E-state index contributed by atoms with van der Waals surface area (Å²) in [5, 5.41) is 9.96. The average molecular weight is 269 g/mol. The summed E-state index contributed by atoms with van der Waals surface area (Å²) in [7, 11) is 0. The molecule has 1 N–H and O–H groups in total. The van der Waals surface area contributed by atoms with E-state index in [0.717, 1.165) is 45.0 Å². The molecule has 0 atom stereocenters. The maximum Gasteiger partial charge on any atom is 0.116 e. The van der Waals surface area contributed by atoms with Gasteiger partial charge >= 0.3 is 0 Å². The predicted octanol–water partition coefficient (Wildman–Crippen LogP) is 1.80. The first-order chi connectivity index (χ1) is 8.75. The summed E-state index contributed by atoms with van der Waals surface area (Å²) in [5.74, 6) is 0.203. The molecule has 0 aliphatic carbocycles. The van der Waals surface area contributed by atoms with E-state index in [-0.39, 0.29) is 5.75 Å². The van der Waals surface area contributed by atoms with Gasteiger partial charge in [-0.3, -0.25) is 9.89 Å². The lowest BCUT2D eigenvalue weighted by atomic mass is 10.2. The zero-order valence-electron chi connectivity index (χ0n) is 10.2. The molecule has 0 bridgehead atoms. The molecular weight excluding hydrogens is 252 g/mol. The fraction of sp³-hybridized carbons (Fsp3) is 0.462. The molecule has 0 spiro atoms. The number of phenols is 1. The molecule has 1 heterocycles. The first-order valence-corrected chi connectivity index (χ1v) is 6.42. The van der Waals surface area contributed by atoms with Crippen LogP contribution >= 0.6 is 11.6 Å². The molecule has 1 fully saturated rings. The van der Waals surface area contributed by atoms with Crippen LogP contribution < -0.4 is 0 Å². The zero-order valence-corrected chi connectivity index (χ0v) is 10.9. The molecular formula is C13H17ClN2O2. The second kappa shape index (κ2) is 6.73. The molecule has 0 unspecified atom stereocenters. The third kappa shape index (κ3) is 3.98. The number of aromatic hydroxyl groups is 1. The molecule has 1 aromatic carbocycles. The molecule has 0 saturated carbocycles. The molecule has 5 heteroatoms. The van der Waals surface area contributed by atoms with Crippen molar-refractivity contribution in [2.75, 3.05) is 39.4 Å². The fourth-order valence-corrected chi connectivity index (χ4v) is 1.98. The number of hydrogen-bond donors (Lipinski definition) is 1. The highest BCUT2D eigenvalue weighted by atomic mass is 35.5. The number of phenolic OH excluding ortho intramolecular Hbond substituents is 1. The Morgan fingerprint density at radius 2 is 2.17 bits per heavy atom. The van der Waals surface area contributed by atoms with Crippen molar-refractivity contribution in [2.24, 2.45) is 4.99 Å². The molecule has 4 nitrogen and oxygen atoms in total. The van der Waals surface area contributed by atoms with Crippen LogP contribution in [0.25, 0.3) is 0 Å². The van der Waals surface area contributed by atoms with Gasteiger partial charge in [0.1, 0.15) is 5.75 Å². The van der Waals surface area contributed by atoms with Gasteiger partial charge in [-0.1, -0.05) is 11.6 Å². The van der Waals surface area contributed by atoms with Gasteiger partial charge in [-0.2, -0.15) is 0 Å². The van der Waals surface area contributed by atoms with E-state index in [0.29, 0.717) is 5.02 Å². The van der Waals surface area contributed by atoms with Crippen molar-refractivity contribution in [2.45, 2.75) is 0 Å². The molecule has 1 saturated heterocycles. The van der Waals surface area contributed by atoms with E-state index in [4.69, 9.17) is 16.3 Å². The van der Waals surface area contributed by atoms with Crippen molar-refractivity contribution in [3.05, 3.63) is 28.8 Å². The number of hydrogen-bond acceptors (Lipinski definition) is 4. The Balaban J connectivity index is 1.81. The normalized spacial score (nSPS) is 17.4. The Bertz CT molecular complexity index is 417. The van der Waals surface area contributed by atoms with E-state index >= 15 is 0 Å². The van der Waals surface area contributed by atoms with E-state index in [1.807, 2.05) is 0 Å². The van der Waals surface area contributed by atoms with Crippen LogP contribution in [0.1, 0.15) is 5.56 Å². The van der Waals surface area contributed by atoms with Gasteiger partial charge in [0.2, 0.25) is 0 Å². The van der Waals surface area contributed by atoms with Crippen molar-refractivity contribution in [1.82, 2.24) is 4.90 Å². The van der Waals surface area contributed by atoms with Crippen molar-refractivity contribution in [3.63, 3.8) is 0 Å². The maximum absolute atomic E-state index is 9.36. The van der Waals surface area contributed by atoms with Crippen LogP contribution in [0.4, 0.5) is 0 Å². The average Bonchev–Trinajstić information content (AvgIpc) is 2.40. The highest BCUT2D eigenvalue weighted by molar-refractivity contribution is 6.33. The lowest BCUT2D eigenvalue weighted by Crippen LogP contribution is -2.37. The van der Waals surface area contributed by atoms with Gasteiger partial charge in [-0.15, -0.1) is 0 Å². The number of rotatable bonds is 4. The van der Waals surface area contributed by atoms with Crippen LogP contribution in [0.3, 0.4) is 0 Å². The lowest BCUT2D eigenvalue weighted by Gasteiger charge is -2.25. The minimum Gasteiger partial charge on any atom is -0.508 e. The molecule has 1 aliphatic heterocycles. The lowest BCUT2D eigenvalue weighted by molar-refractivity contribution is 0.0395. The summed E-state index contributed by atoms with van der Waals surface area (Å²) >= 11 is 5.99. The smallest absolute Gasteiger partial charge is 0.116 e. The quantitative estimate of drug-likeness (QED) is 0.847. The number of ether oxygens (including phenoxy) is 1. The Labute approximate surface area is 112 Å². The van der Waals surface area contributed by atoms with Crippen LogP contribution in [0, 0.1) is 0 Å². The minimum atomic E-state index is 0.203. The molecule has 18 heavy (non-hydrogen) atoms. The van der Waals surface area contributed by atoms with Crippen molar-refractivity contribution in [1.29, 1.82) is 0 Å². The van der Waals surface area contributed by atoms with E-state index in [9.17, 15) is 5.11 Å². The van der Waals surface area contributed by atoms with Crippen molar-refractivity contribution < 1.29 is 9.84 Å². The molecule has 0 radical (unpaired) electrons. The predicted molar refractivity (Wildman–Crippen MR) is 72.8 cm³/mol. The van der Waals surface area contributed by atoms with E-state index in [1.54, 1.807) is 24.4 Å². The highest BCUT2D eigenvalue weighted by Gasteiger charge is 2.08. The maximum atomic E-state index is 9.36. The Hall–Kier alpha value is -1.10. The topological polar surface area (TPSA) is 45.1 Å². The van der Waals surface area contributed by atoms with Gasteiger partial charge in [0.05, 0.1) is 19.8 Å². The number of benzene rings is 1. The van der Waals surface area contributed by atoms with Gasteiger partial charge in [0.25, 0.3) is 0 Å². The summed E-state index contributed by atoms with van der Waals surface area (Å²) < 4.78 is 5.28. The summed E-state index contributed by atoms with van der Waals surface area (Å²) in [5.41, 5.74) is 0.749. The highest BCUT2D eigenvalue weighted by Crippen LogP contribution is 2.19.